The number of rotatable bonds is 8. The fourth-order valence-electron chi connectivity index (χ4n) is 2.53. The maximum atomic E-state index is 12.7. The standard InChI is InChI=1S/C20H21BrN2O2/c1-2-25-18-11-9-17(10-12-18)23(15-5-14-22)20(24)13-8-16-6-3-4-7-19(16)21/h3-4,6-7,9-12H,2,5,8,13,15H2,1H3. The summed E-state index contributed by atoms with van der Waals surface area (Å²) in [6.45, 7) is 2.92. The highest BCUT2D eigenvalue weighted by atomic mass is 79.9. The molecular weight excluding hydrogens is 380 g/mol. The number of amides is 1. The van der Waals surface area contributed by atoms with Gasteiger partial charge in [-0.05, 0) is 49.2 Å². The lowest BCUT2D eigenvalue weighted by Crippen LogP contribution is -2.32. The monoisotopic (exact) mass is 400 g/mol. The van der Waals surface area contributed by atoms with Crippen molar-refractivity contribution in [1.29, 1.82) is 5.26 Å². The fourth-order valence-corrected chi connectivity index (χ4v) is 3.01. The van der Waals surface area contributed by atoms with Crippen LogP contribution in [0, 0.1) is 11.3 Å². The van der Waals surface area contributed by atoms with E-state index in [0.29, 0.717) is 32.4 Å². The van der Waals surface area contributed by atoms with E-state index in [1.807, 2.05) is 55.5 Å². The molecule has 1 amide bonds. The van der Waals surface area contributed by atoms with Crippen LogP contribution in [0.4, 0.5) is 5.69 Å². The Morgan fingerprint density at radius 2 is 1.92 bits per heavy atom. The molecule has 0 saturated carbocycles. The summed E-state index contributed by atoms with van der Waals surface area (Å²) in [4.78, 5) is 14.4. The van der Waals surface area contributed by atoms with E-state index >= 15 is 0 Å². The topological polar surface area (TPSA) is 53.3 Å². The van der Waals surface area contributed by atoms with Crippen LogP contribution in [0.2, 0.25) is 0 Å². The zero-order valence-electron chi connectivity index (χ0n) is 14.2. The first-order valence-corrected chi connectivity index (χ1v) is 9.08. The zero-order chi connectivity index (χ0) is 18.1. The van der Waals surface area contributed by atoms with Crippen molar-refractivity contribution in [3.63, 3.8) is 0 Å². The van der Waals surface area contributed by atoms with Crippen molar-refractivity contribution in [2.45, 2.75) is 26.2 Å². The van der Waals surface area contributed by atoms with Crippen molar-refractivity contribution in [2.75, 3.05) is 18.1 Å². The largest absolute Gasteiger partial charge is 0.494 e. The van der Waals surface area contributed by atoms with Crippen LogP contribution in [0.25, 0.3) is 0 Å². The Bertz CT molecular complexity index is 738. The second-order valence-corrected chi connectivity index (χ2v) is 6.33. The average Bonchev–Trinajstić information content (AvgIpc) is 2.63. The number of ether oxygens (including phenoxy) is 1. The first kappa shape index (κ1) is 19.0. The summed E-state index contributed by atoms with van der Waals surface area (Å²) in [6.07, 6.45) is 1.34. The smallest absolute Gasteiger partial charge is 0.227 e. The van der Waals surface area contributed by atoms with Gasteiger partial charge in [-0.2, -0.15) is 5.26 Å². The van der Waals surface area contributed by atoms with Crippen LogP contribution in [0.3, 0.4) is 0 Å². The third-order valence-corrected chi connectivity index (χ3v) is 4.55. The third-order valence-electron chi connectivity index (χ3n) is 3.77. The Hall–Kier alpha value is -2.32. The van der Waals surface area contributed by atoms with Gasteiger partial charge in [0, 0.05) is 23.1 Å². The van der Waals surface area contributed by atoms with Gasteiger partial charge in [0.05, 0.1) is 19.1 Å². The molecule has 0 atom stereocenters. The fraction of sp³-hybridized carbons (Fsp3) is 0.300. The van der Waals surface area contributed by atoms with Crippen molar-refractivity contribution in [3.05, 3.63) is 58.6 Å². The summed E-state index contributed by atoms with van der Waals surface area (Å²) in [5, 5.41) is 8.89. The minimum absolute atomic E-state index is 0.00941. The van der Waals surface area contributed by atoms with Gasteiger partial charge in [-0.3, -0.25) is 4.79 Å². The zero-order valence-corrected chi connectivity index (χ0v) is 15.8. The summed E-state index contributed by atoms with van der Waals surface area (Å²) in [5.74, 6) is 0.780. The Balaban J connectivity index is 2.09. The predicted octanol–water partition coefficient (Wildman–Crippen LogP) is 4.73. The van der Waals surface area contributed by atoms with Gasteiger partial charge in [0.2, 0.25) is 5.91 Å². The van der Waals surface area contributed by atoms with E-state index in [1.54, 1.807) is 4.90 Å². The second-order valence-electron chi connectivity index (χ2n) is 5.47. The molecule has 0 radical (unpaired) electrons. The van der Waals surface area contributed by atoms with Crippen LogP contribution in [0.5, 0.6) is 5.75 Å². The number of carbonyl (C=O) groups excluding carboxylic acids is 1. The molecule has 2 aromatic rings. The van der Waals surface area contributed by atoms with Gasteiger partial charge in [0.25, 0.3) is 0 Å². The molecule has 0 aromatic heterocycles. The van der Waals surface area contributed by atoms with Gasteiger partial charge in [-0.15, -0.1) is 0 Å². The Morgan fingerprint density at radius 3 is 2.56 bits per heavy atom. The number of benzene rings is 2. The maximum absolute atomic E-state index is 12.7. The first-order valence-electron chi connectivity index (χ1n) is 8.29. The van der Waals surface area contributed by atoms with Crippen molar-refractivity contribution < 1.29 is 9.53 Å². The molecule has 4 nitrogen and oxygen atoms in total. The highest BCUT2D eigenvalue weighted by Crippen LogP contribution is 2.22. The van der Waals surface area contributed by atoms with Crippen molar-refractivity contribution in [1.82, 2.24) is 0 Å². The molecule has 0 aliphatic rings. The number of hydrogen-bond acceptors (Lipinski definition) is 3. The van der Waals surface area contributed by atoms with Gasteiger partial charge in [-0.1, -0.05) is 34.1 Å². The van der Waals surface area contributed by atoms with E-state index in [0.717, 1.165) is 21.5 Å². The molecule has 25 heavy (non-hydrogen) atoms. The third kappa shape index (κ3) is 5.61. The van der Waals surface area contributed by atoms with E-state index in [4.69, 9.17) is 10.00 Å². The molecule has 5 heteroatoms. The molecule has 130 valence electrons. The number of aryl methyl sites for hydroxylation is 1. The van der Waals surface area contributed by atoms with E-state index in [-0.39, 0.29) is 5.91 Å². The molecule has 0 heterocycles. The lowest BCUT2D eigenvalue weighted by molar-refractivity contribution is -0.118. The molecule has 0 fully saturated rings. The molecule has 2 aromatic carbocycles. The summed E-state index contributed by atoms with van der Waals surface area (Å²) in [7, 11) is 0. The highest BCUT2D eigenvalue weighted by Gasteiger charge is 2.16. The molecule has 0 N–H and O–H groups in total. The molecule has 0 unspecified atom stereocenters. The number of nitrogens with zero attached hydrogens (tertiary/aromatic N) is 2. The van der Waals surface area contributed by atoms with Crippen LogP contribution >= 0.6 is 15.9 Å². The van der Waals surface area contributed by atoms with Gasteiger partial charge >= 0.3 is 0 Å². The molecular formula is C20H21BrN2O2. The SMILES string of the molecule is CCOc1ccc(N(CCC#N)C(=O)CCc2ccccc2Br)cc1. The van der Waals surface area contributed by atoms with Gasteiger partial charge in [0.15, 0.2) is 0 Å². The highest BCUT2D eigenvalue weighted by molar-refractivity contribution is 9.10. The van der Waals surface area contributed by atoms with Crippen molar-refractivity contribution in [2.24, 2.45) is 0 Å². The van der Waals surface area contributed by atoms with E-state index in [9.17, 15) is 4.79 Å². The number of anilines is 1. The van der Waals surface area contributed by atoms with Crippen LogP contribution < -0.4 is 9.64 Å². The summed E-state index contributed by atoms with van der Waals surface area (Å²) in [5.41, 5.74) is 1.89. The molecule has 0 spiro atoms. The average molecular weight is 401 g/mol. The van der Waals surface area contributed by atoms with Crippen LogP contribution in [0.15, 0.2) is 53.0 Å². The lowest BCUT2D eigenvalue weighted by atomic mass is 10.1. The predicted molar refractivity (Wildman–Crippen MR) is 103 cm³/mol. The second kappa shape index (κ2) is 9.85. The molecule has 0 aliphatic heterocycles. The van der Waals surface area contributed by atoms with Crippen LogP contribution in [0.1, 0.15) is 25.3 Å². The van der Waals surface area contributed by atoms with E-state index in [1.165, 1.54) is 0 Å². The first-order chi connectivity index (χ1) is 12.2. The normalized spacial score (nSPS) is 10.1. The molecule has 0 bridgehead atoms. The lowest BCUT2D eigenvalue weighted by Gasteiger charge is -2.22. The minimum atomic E-state index is 0.00941. The number of carbonyl (C=O) groups is 1. The molecule has 0 saturated heterocycles. The quantitative estimate of drug-likeness (QED) is 0.643. The van der Waals surface area contributed by atoms with Gasteiger partial charge < -0.3 is 9.64 Å². The van der Waals surface area contributed by atoms with Crippen LogP contribution in [-0.2, 0) is 11.2 Å². The van der Waals surface area contributed by atoms with Gasteiger partial charge in [-0.25, -0.2) is 0 Å². The Labute approximate surface area is 157 Å². The summed E-state index contributed by atoms with van der Waals surface area (Å²) >= 11 is 3.51. The summed E-state index contributed by atoms with van der Waals surface area (Å²) in [6, 6.07) is 17.4. The number of halogens is 1. The molecule has 2 rings (SSSR count). The van der Waals surface area contributed by atoms with E-state index < -0.39 is 0 Å². The van der Waals surface area contributed by atoms with Crippen LogP contribution in [-0.4, -0.2) is 19.1 Å². The number of nitriles is 1. The Morgan fingerprint density at radius 1 is 1.20 bits per heavy atom. The minimum Gasteiger partial charge on any atom is -0.494 e. The Kier molecular flexibility index (Phi) is 7.49. The summed E-state index contributed by atoms with van der Waals surface area (Å²) < 4.78 is 6.45. The maximum Gasteiger partial charge on any atom is 0.227 e. The van der Waals surface area contributed by atoms with Crippen molar-refractivity contribution in [3.8, 4) is 11.8 Å². The van der Waals surface area contributed by atoms with Crippen molar-refractivity contribution >= 4 is 27.5 Å². The number of hydrogen-bond donors (Lipinski definition) is 0. The molecule has 0 aliphatic carbocycles. The van der Waals surface area contributed by atoms with Gasteiger partial charge in [0.1, 0.15) is 5.75 Å². The van der Waals surface area contributed by atoms with E-state index in [2.05, 4.69) is 22.0 Å².